The molecule has 0 bridgehead atoms. The summed E-state index contributed by atoms with van der Waals surface area (Å²) in [7, 11) is 0. The van der Waals surface area contributed by atoms with Gasteiger partial charge >= 0.3 is 0 Å². The van der Waals surface area contributed by atoms with Crippen molar-refractivity contribution in [1.29, 1.82) is 0 Å². The van der Waals surface area contributed by atoms with Gasteiger partial charge in [0.15, 0.2) is 0 Å². The number of amides is 1. The summed E-state index contributed by atoms with van der Waals surface area (Å²) < 4.78 is 6.73. The smallest absolute Gasteiger partial charge is 0.231 e. The molecule has 3 nitrogen and oxygen atoms in total. The molecule has 5 atom stereocenters. The maximum absolute atomic E-state index is 13.6. The summed E-state index contributed by atoms with van der Waals surface area (Å²) >= 11 is 0. The molecule has 0 aromatic heterocycles. The van der Waals surface area contributed by atoms with E-state index >= 15 is 0 Å². The zero-order valence-electron chi connectivity index (χ0n) is 17.4. The molecule has 0 radical (unpaired) electrons. The number of rotatable bonds is 2. The summed E-state index contributed by atoms with van der Waals surface area (Å²) in [6, 6.07) is 10.3. The van der Waals surface area contributed by atoms with E-state index in [1.165, 1.54) is 6.42 Å². The summed E-state index contributed by atoms with van der Waals surface area (Å²) in [5, 5.41) is 0. The molecule has 0 N–H and O–H groups in total. The Morgan fingerprint density at radius 2 is 1.81 bits per heavy atom. The van der Waals surface area contributed by atoms with E-state index in [1.807, 2.05) is 18.2 Å². The van der Waals surface area contributed by atoms with Crippen molar-refractivity contribution >= 4 is 11.5 Å². The number of fused-ring (bicyclic) bond motifs is 2. The molecule has 4 rings (SSSR count). The third kappa shape index (κ3) is 2.69. The molecule has 1 aromatic carbocycles. The Labute approximate surface area is 163 Å². The summed E-state index contributed by atoms with van der Waals surface area (Å²) in [4.78, 5) is 15.6. The van der Waals surface area contributed by atoms with Gasteiger partial charge in [0, 0.05) is 17.4 Å². The maximum atomic E-state index is 13.6. The molecule has 1 amide bonds. The van der Waals surface area contributed by atoms with Crippen LogP contribution in [0.25, 0.3) is 5.57 Å². The summed E-state index contributed by atoms with van der Waals surface area (Å²) in [6.45, 7) is 15.4. The second-order valence-electron chi connectivity index (χ2n) is 10.0. The Hall–Kier alpha value is -1.61. The number of benzene rings is 1. The minimum Gasteiger partial charge on any atom is -0.354 e. The number of ether oxygens (including phenoxy) is 1. The molecule has 2 heterocycles. The first-order valence-corrected chi connectivity index (χ1v) is 10.4. The number of carbonyl (C=O) groups excluding carboxylic acids is 1. The van der Waals surface area contributed by atoms with Gasteiger partial charge < -0.3 is 9.64 Å². The topological polar surface area (TPSA) is 29.5 Å². The average Bonchev–Trinajstić information content (AvgIpc) is 2.81. The molecule has 1 aliphatic carbocycles. The van der Waals surface area contributed by atoms with E-state index in [2.05, 4.69) is 58.2 Å². The third-order valence-corrected chi connectivity index (χ3v) is 7.50. The van der Waals surface area contributed by atoms with Crippen LogP contribution in [0.3, 0.4) is 0 Å². The SMILES string of the molecule is C=C(c1ccccc1)[C@H]1[C@@H]2O[C@@H]3C[C@H](C)CC[C@H]3C(C)(C)N2C(=O)C1(C)C. The molecule has 0 unspecified atom stereocenters. The largest absolute Gasteiger partial charge is 0.354 e. The second kappa shape index (κ2) is 6.20. The van der Waals surface area contributed by atoms with Crippen molar-refractivity contribution in [2.45, 2.75) is 71.8 Å². The van der Waals surface area contributed by atoms with Gasteiger partial charge in [-0.2, -0.15) is 0 Å². The van der Waals surface area contributed by atoms with Crippen molar-refractivity contribution in [1.82, 2.24) is 4.90 Å². The van der Waals surface area contributed by atoms with Gasteiger partial charge in [-0.05, 0) is 43.7 Å². The average molecular weight is 368 g/mol. The first-order valence-electron chi connectivity index (χ1n) is 10.4. The van der Waals surface area contributed by atoms with Crippen LogP contribution >= 0.6 is 0 Å². The number of carbonyl (C=O) groups is 1. The van der Waals surface area contributed by atoms with Gasteiger partial charge in [0.05, 0.1) is 11.5 Å². The van der Waals surface area contributed by atoms with E-state index < -0.39 is 5.41 Å². The highest BCUT2D eigenvalue weighted by Crippen LogP contribution is 2.56. The van der Waals surface area contributed by atoms with Crippen molar-refractivity contribution in [2.24, 2.45) is 23.2 Å². The standard InChI is InChI=1S/C24H33NO2/c1-15-12-13-18-19(14-15)27-21-20(16(2)17-10-8-7-9-11-17)23(3,4)22(26)25(21)24(18,5)6/h7-11,15,18-21H,2,12-14H2,1,3-6H3/t15-,18-,19-,20+,21+/m1/s1. The highest BCUT2D eigenvalue weighted by Gasteiger charge is 2.64. The van der Waals surface area contributed by atoms with Gasteiger partial charge in [-0.1, -0.05) is 64.1 Å². The van der Waals surface area contributed by atoms with E-state index in [4.69, 9.17) is 4.74 Å². The Morgan fingerprint density at radius 1 is 1.15 bits per heavy atom. The lowest BCUT2D eigenvalue weighted by Gasteiger charge is -2.56. The number of nitrogens with zero attached hydrogens (tertiary/aromatic N) is 1. The van der Waals surface area contributed by atoms with Crippen molar-refractivity contribution in [3.63, 3.8) is 0 Å². The van der Waals surface area contributed by atoms with Crippen LogP contribution in [-0.2, 0) is 9.53 Å². The molecule has 146 valence electrons. The second-order valence-corrected chi connectivity index (χ2v) is 10.0. The van der Waals surface area contributed by atoms with E-state index in [9.17, 15) is 4.79 Å². The van der Waals surface area contributed by atoms with Gasteiger partial charge in [0.25, 0.3) is 0 Å². The molecular weight excluding hydrogens is 334 g/mol. The maximum Gasteiger partial charge on any atom is 0.231 e. The Bertz CT molecular complexity index is 751. The number of hydrogen-bond acceptors (Lipinski definition) is 2. The molecule has 1 saturated carbocycles. The predicted molar refractivity (Wildman–Crippen MR) is 109 cm³/mol. The minimum absolute atomic E-state index is 0.0372. The molecule has 0 spiro atoms. The first kappa shape index (κ1) is 18.7. The summed E-state index contributed by atoms with van der Waals surface area (Å²) in [5.74, 6) is 1.27. The van der Waals surface area contributed by atoms with Crippen LogP contribution < -0.4 is 0 Å². The van der Waals surface area contributed by atoms with Gasteiger partial charge in [0.2, 0.25) is 5.91 Å². The fourth-order valence-electron chi connectivity index (χ4n) is 5.88. The van der Waals surface area contributed by atoms with Crippen molar-refractivity contribution in [3.05, 3.63) is 42.5 Å². The highest BCUT2D eigenvalue weighted by molar-refractivity contribution is 5.90. The van der Waals surface area contributed by atoms with Gasteiger partial charge in [0.1, 0.15) is 6.23 Å². The lowest BCUT2D eigenvalue weighted by atomic mass is 9.69. The molecule has 1 aromatic rings. The van der Waals surface area contributed by atoms with Crippen molar-refractivity contribution in [2.75, 3.05) is 0 Å². The third-order valence-electron chi connectivity index (χ3n) is 7.50. The number of hydrogen-bond donors (Lipinski definition) is 0. The first-order chi connectivity index (χ1) is 12.7. The molecule has 2 saturated heterocycles. The lowest BCUT2D eigenvalue weighted by molar-refractivity contribution is -0.223. The Kier molecular flexibility index (Phi) is 4.30. The van der Waals surface area contributed by atoms with E-state index in [0.717, 1.165) is 24.0 Å². The van der Waals surface area contributed by atoms with Crippen molar-refractivity contribution in [3.8, 4) is 0 Å². The van der Waals surface area contributed by atoms with Crippen molar-refractivity contribution < 1.29 is 9.53 Å². The molecule has 27 heavy (non-hydrogen) atoms. The fourth-order valence-corrected chi connectivity index (χ4v) is 5.88. The van der Waals surface area contributed by atoms with Crippen LogP contribution in [0.5, 0.6) is 0 Å². The Morgan fingerprint density at radius 3 is 2.48 bits per heavy atom. The van der Waals surface area contributed by atoms with Crippen LogP contribution in [0.15, 0.2) is 36.9 Å². The van der Waals surface area contributed by atoms with E-state index in [0.29, 0.717) is 11.8 Å². The van der Waals surface area contributed by atoms with Gasteiger partial charge in [-0.25, -0.2) is 0 Å². The van der Waals surface area contributed by atoms with Crippen LogP contribution in [0, 0.1) is 23.2 Å². The van der Waals surface area contributed by atoms with Gasteiger partial charge in [-0.3, -0.25) is 4.79 Å². The van der Waals surface area contributed by atoms with Crippen LogP contribution in [0.4, 0.5) is 0 Å². The van der Waals surface area contributed by atoms with Crippen LogP contribution in [0.2, 0.25) is 0 Å². The normalized spacial score (nSPS) is 36.9. The predicted octanol–water partition coefficient (Wildman–Crippen LogP) is 5.12. The quantitative estimate of drug-likeness (QED) is 0.726. The zero-order chi connectivity index (χ0) is 19.6. The monoisotopic (exact) mass is 367 g/mol. The van der Waals surface area contributed by atoms with E-state index in [1.54, 1.807) is 0 Å². The molecule has 3 aliphatic rings. The van der Waals surface area contributed by atoms with Crippen LogP contribution in [0.1, 0.15) is 59.4 Å². The fraction of sp³-hybridized carbons (Fsp3) is 0.625. The van der Waals surface area contributed by atoms with Gasteiger partial charge in [-0.15, -0.1) is 0 Å². The van der Waals surface area contributed by atoms with E-state index in [-0.39, 0.29) is 29.7 Å². The zero-order valence-corrected chi connectivity index (χ0v) is 17.4. The molecule has 3 heteroatoms. The summed E-state index contributed by atoms with van der Waals surface area (Å²) in [5.41, 5.74) is 1.41. The summed E-state index contributed by atoms with van der Waals surface area (Å²) in [6.07, 6.45) is 3.47. The van der Waals surface area contributed by atoms with Crippen LogP contribution in [-0.4, -0.2) is 28.7 Å². The highest BCUT2D eigenvalue weighted by atomic mass is 16.5. The molecule has 2 aliphatic heterocycles. The molecular formula is C24H33NO2. The minimum atomic E-state index is -0.520. The Balaban J connectivity index is 1.76. The molecule has 3 fully saturated rings. The lowest BCUT2D eigenvalue weighted by Crippen LogP contribution is -2.64.